The van der Waals surface area contributed by atoms with Crippen molar-refractivity contribution in [1.29, 1.82) is 0 Å². The maximum atomic E-state index is 12.2. The van der Waals surface area contributed by atoms with Crippen LogP contribution in [-0.2, 0) is 17.7 Å². The molecule has 1 amide bonds. The first kappa shape index (κ1) is 14.8. The lowest BCUT2D eigenvalue weighted by atomic mass is 10.1. The van der Waals surface area contributed by atoms with Gasteiger partial charge in [0, 0.05) is 12.1 Å². The third-order valence-corrected chi connectivity index (χ3v) is 4.42. The van der Waals surface area contributed by atoms with E-state index < -0.39 is 6.09 Å². The summed E-state index contributed by atoms with van der Waals surface area (Å²) in [7, 11) is 0. The zero-order chi connectivity index (χ0) is 16.7. The summed E-state index contributed by atoms with van der Waals surface area (Å²) in [5.74, 6) is 0.973. The van der Waals surface area contributed by atoms with Gasteiger partial charge in [0.25, 0.3) is 0 Å². The minimum Gasteiger partial charge on any atom is -0.444 e. The topological polar surface area (TPSA) is 56.1 Å². The second-order valence-corrected chi connectivity index (χ2v) is 6.30. The molecular weight excluding hydrogens is 302 g/mol. The van der Waals surface area contributed by atoms with E-state index in [2.05, 4.69) is 14.9 Å². The minimum atomic E-state index is -0.415. The first-order chi connectivity index (χ1) is 11.6. The van der Waals surface area contributed by atoms with E-state index in [4.69, 9.17) is 4.74 Å². The molecule has 0 bridgehead atoms. The molecule has 2 heterocycles. The first-order valence-corrected chi connectivity index (χ1v) is 8.09. The van der Waals surface area contributed by atoms with Crippen molar-refractivity contribution in [2.45, 2.75) is 32.9 Å². The number of carbonyl (C=O) groups is 1. The highest BCUT2D eigenvalue weighted by atomic mass is 16.6. The summed E-state index contributed by atoms with van der Waals surface area (Å²) in [6.07, 6.45) is 0.0551. The summed E-state index contributed by atoms with van der Waals surface area (Å²) in [5, 5.41) is 2.83. The largest absolute Gasteiger partial charge is 0.444 e. The minimum absolute atomic E-state index is 0.178. The highest BCUT2D eigenvalue weighted by Crippen LogP contribution is 2.24. The van der Waals surface area contributed by atoms with E-state index in [9.17, 15) is 4.79 Å². The van der Waals surface area contributed by atoms with Crippen LogP contribution in [0.4, 0.5) is 10.5 Å². The number of anilines is 1. The number of aryl methyl sites for hydroxylation is 2. The van der Waals surface area contributed by atoms with Crippen molar-refractivity contribution in [2.24, 2.45) is 0 Å². The predicted octanol–water partition coefficient (Wildman–Crippen LogP) is 3.83. The monoisotopic (exact) mass is 321 g/mol. The van der Waals surface area contributed by atoms with E-state index in [0.29, 0.717) is 13.0 Å². The number of fused-ring (bicyclic) bond motifs is 3. The molecular formula is C19H19N3O2. The molecule has 0 fully saturated rings. The van der Waals surface area contributed by atoms with Gasteiger partial charge in [0.15, 0.2) is 0 Å². The highest BCUT2D eigenvalue weighted by Gasteiger charge is 2.27. The molecule has 1 N–H and O–H groups in total. The van der Waals surface area contributed by atoms with Gasteiger partial charge < -0.3 is 9.30 Å². The van der Waals surface area contributed by atoms with Gasteiger partial charge in [0.2, 0.25) is 0 Å². The Labute approximate surface area is 140 Å². The van der Waals surface area contributed by atoms with Crippen molar-refractivity contribution < 1.29 is 9.53 Å². The Bertz CT molecular complexity index is 930. The number of rotatable bonds is 2. The second kappa shape index (κ2) is 5.67. The fourth-order valence-corrected chi connectivity index (χ4v) is 3.28. The average molecular weight is 321 g/mol. The number of hydrogen-bond donors (Lipinski definition) is 1. The van der Waals surface area contributed by atoms with Crippen LogP contribution in [0.3, 0.4) is 0 Å². The molecule has 5 nitrogen and oxygen atoms in total. The summed E-state index contributed by atoms with van der Waals surface area (Å²) in [6, 6.07) is 13.9. The van der Waals surface area contributed by atoms with Gasteiger partial charge in [-0.2, -0.15) is 0 Å². The first-order valence-electron chi connectivity index (χ1n) is 8.09. The summed E-state index contributed by atoms with van der Waals surface area (Å²) in [6.45, 7) is 4.65. The number of carbonyl (C=O) groups excluding carboxylic acids is 1. The summed E-state index contributed by atoms with van der Waals surface area (Å²) < 4.78 is 7.71. The smallest absolute Gasteiger partial charge is 0.411 e. The average Bonchev–Trinajstić information content (AvgIpc) is 3.07. The second-order valence-electron chi connectivity index (χ2n) is 6.30. The van der Waals surface area contributed by atoms with Crippen molar-refractivity contribution in [2.75, 3.05) is 5.32 Å². The van der Waals surface area contributed by atoms with Crippen LogP contribution in [0.5, 0.6) is 0 Å². The summed E-state index contributed by atoms with van der Waals surface area (Å²) in [4.78, 5) is 16.8. The fourth-order valence-electron chi connectivity index (χ4n) is 3.28. The number of aromatic nitrogens is 2. The quantitative estimate of drug-likeness (QED) is 0.780. The molecule has 1 aromatic heterocycles. The van der Waals surface area contributed by atoms with Crippen LogP contribution in [0.2, 0.25) is 0 Å². The number of benzene rings is 2. The van der Waals surface area contributed by atoms with Crippen LogP contribution < -0.4 is 5.32 Å². The van der Waals surface area contributed by atoms with Gasteiger partial charge in [0.1, 0.15) is 11.9 Å². The molecule has 1 aliphatic heterocycles. The Kier molecular flexibility index (Phi) is 3.49. The number of imidazole rings is 1. The molecule has 4 rings (SSSR count). The van der Waals surface area contributed by atoms with Gasteiger partial charge >= 0.3 is 6.09 Å². The van der Waals surface area contributed by atoms with Gasteiger partial charge in [-0.15, -0.1) is 0 Å². The molecule has 0 radical (unpaired) electrons. The van der Waals surface area contributed by atoms with Crippen LogP contribution in [0.1, 0.15) is 17.0 Å². The van der Waals surface area contributed by atoms with Gasteiger partial charge in [0.05, 0.1) is 17.6 Å². The third-order valence-electron chi connectivity index (χ3n) is 4.42. The van der Waals surface area contributed by atoms with Crippen molar-refractivity contribution in [1.82, 2.24) is 9.55 Å². The molecule has 5 heteroatoms. The SMILES string of the molecule is Cc1ccc(NC(=O)OC2Cc3nc4ccccc4n3C2)c(C)c1. The number of hydrogen-bond acceptors (Lipinski definition) is 3. The number of amides is 1. The lowest BCUT2D eigenvalue weighted by Gasteiger charge is -2.14. The van der Waals surface area contributed by atoms with E-state index in [0.717, 1.165) is 28.1 Å². The zero-order valence-electron chi connectivity index (χ0n) is 13.7. The Morgan fingerprint density at radius 3 is 2.92 bits per heavy atom. The van der Waals surface area contributed by atoms with Crippen molar-refractivity contribution in [3.05, 3.63) is 59.4 Å². The van der Waals surface area contributed by atoms with Crippen LogP contribution in [0.25, 0.3) is 11.0 Å². The number of ether oxygens (including phenoxy) is 1. The van der Waals surface area contributed by atoms with E-state index in [1.807, 2.05) is 56.3 Å². The molecule has 0 saturated heterocycles. The Morgan fingerprint density at radius 2 is 2.08 bits per heavy atom. The van der Waals surface area contributed by atoms with Gasteiger partial charge in [-0.25, -0.2) is 9.78 Å². The predicted molar refractivity (Wildman–Crippen MR) is 93.2 cm³/mol. The van der Waals surface area contributed by atoms with Crippen LogP contribution >= 0.6 is 0 Å². The number of nitrogens with one attached hydrogen (secondary N) is 1. The van der Waals surface area contributed by atoms with Crippen LogP contribution in [0, 0.1) is 13.8 Å². The lowest BCUT2D eigenvalue weighted by molar-refractivity contribution is 0.111. The number of para-hydroxylation sites is 2. The Morgan fingerprint density at radius 1 is 1.25 bits per heavy atom. The zero-order valence-corrected chi connectivity index (χ0v) is 13.7. The van der Waals surface area contributed by atoms with Crippen molar-refractivity contribution in [3.8, 4) is 0 Å². The van der Waals surface area contributed by atoms with Gasteiger partial charge in [-0.1, -0.05) is 29.8 Å². The normalized spacial score (nSPS) is 16.2. The molecule has 3 aromatic rings. The lowest BCUT2D eigenvalue weighted by Crippen LogP contribution is -2.24. The van der Waals surface area contributed by atoms with E-state index >= 15 is 0 Å². The van der Waals surface area contributed by atoms with Gasteiger partial charge in [-0.05, 0) is 37.6 Å². The highest BCUT2D eigenvalue weighted by molar-refractivity contribution is 5.86. The fraction of sp³-hybridized carbons (Fsp3) is 0.263. The molecule has 1 unspecified atom stereocenters. The maximum absolute atomic E-state index is 12.2. The Balaban J connectivity index is 1.44. The van der Waals surface area contributed by atoms with Crippen molar-refractivity contribution in [3.63, 3.8) is 0 Å². The van der Waals surface area contributed by atoms with E-state index in [1.165, 1.54) is 5.56 Å². The molecule has 122 valence electrons. The molecule has 0 aliphatic carbocycles. The van der Waals surface area contributed by atoms with Gasteiger partial charge in [-0.3, -0.25) is 5.32 Å². The summed E-state index contributed by atoms with van der Waals surface area (Å²) in [5.41, 5.74) is 5.06. The molecule has 1 atom stereocenters. The van der Waals surface area contributed by atoms with E-state index in [-0.39, 0.29) is 6.10 Å². The summed E-state index contributed by atoms with van der Waals surface area (Å²) >= 11 is 0. The Hall–Kier alpha value is -2.82. The number of nitrogens with zero attached hydrogens (tertiary/aromatic N) is 2. The molecule has 2 aromatic carbocycles. The molecule has 0 spiro atoms. The van der Waals surface area contributed by atoms with E-state index in [1.54, 1.807) is 0 Å². The molecule has 24 heavy (non-hydrogen) atoms. The third kappa shape index (κ3) is 2.62. The van der Waals surface area contributed by atoms with Crippen LogP contribution in [-0.4, -0.2) is 21.7 Å². The van der Waals surface area contributed by atoms with Crippen molar-refractivity contribution >= 4 is 22.8 Å². The molecule has 1 aliphatic rings. The maximum Gasteiger partial charge on any atom is 0.411 e. The van der Waals surface area contributed by atoms with Crippen LogP contribution in [0.15, 0.2) is 42.5 Å². The standard InChI is InChI=1S/C19H19N3O2/c1-12-7-8-15(13(2)9-12)21-19(23)24-14-10-18-20-16-5-3-4-6-17(16)22(18)11-14/h3-9,14H,10-11H2,1-2H3,(H,21,23). The molecule has 0 saturated carbocycles.